The summed E-state index contributed by atoms with van der Waals surface area (Å²) in [6.07, 6.45) is 1.15. The summed E-state index contributed by atoms with van der Waals surface area (Å²) >= 11 is 0. The molecule has 1 aromatic rings. The fraction of sp³-hybridized carbons (Fsp3) is 0.571. The van der Waals surface area contributed by atoms with Gasteiger partial charge in [-0.15, -0.1) is 0 Å². The summed E-state index contributed by atoms with van der Waals surface area (Å²) < 4.78 is 12.8. The van der Waals surface area contributed by atoms with Crippen molar-refractivity contribution in [2.75, 3.05) is 13.1 Å². The van der Waals surface area contributed by atoms with E-state index in [0.717, 1.165) is 26.1 Å². The molecule has 1 saturated heterocycles. The smallest absolute Gasteiger partial charge is 0.123 e. The third-order valence-corrected chi connectivity index (χ3v) is 3.50. The molecule has 1 heterocycles. The summed E-state index contributed by atoms with van der Waals surface area (Å²) in [6.45, 7) is 7.48. The summed E-state index contributed by atoms with van der Waals surface area (Å²) in [6, 6.07) is 7.99. The summed E-state index contributed by atoms with van der Waals surface area (Å²) in [4.78, 5) is 2.49. The van der Waals surface area contributed by atoms with Crippen molar-refractivity contribution in [3.05, 3.63) is 35.6 Å². The van der Waals surface area contributed by atoms with Crippen molar-refractivity contribution < 1.29 is 4.39 Å². The van der Waals surface area contributed by atoms with Crippen LogP contribution in [0.3, 0.4) is 0 Å². The monoisotopic (exact) mass is 236 g/mol. The van der Waals surface area contributed by atoms with Crippen LogP contribution in [0.15, 0.2) is 24.3 Å². The minimum absolute atomic E-state index is 0.158. The summed E-state index contributed by atoms with van der Waals surface area (Å²) in [7, 11) is 0. The molecule has 2 nitrogen and oxygen atoms in total. The normalized spacial score (nSPS) is 26.1. The third kappa shape index (κ3) is 3.27. The average molecular weight is 236 g/mol. The minimum Gasteiger partial charge on any atom is -0.311 e. The second-order valence-electron chi connectivity index (χ2n) is 4.93. The first kappa shape index (κ1) is 12.5. The lowest BCUT2D eigenvalue weighted by molar-refractivity contribution is 0.124. The zero-order valence-corrected chi connectivity index (χ0v) is 10.6. The Bertz CT molecular complexity index is 350. The van der Waals surface area contributed by atoms with Gasteiger partial charge in [-0.1, -0.05) is 19.1 Å². The van der Waals surface area contributed by atoms with E-state index in [1.54, 1.807) is 12.1 Å². The maximum absolute atomic E-state index is 12.8. The predicted octanol–water partition coefficient (Wildman–Crippen LogP) is 2.40. The molecule has 0 radical (unpaired) electrons. The van der Waals surface area contributed by atoms with E-state index < -0.39 is 0 Å². The Morgan fingerprint density at radius 2 is 2.06 bits per heavy atom. The fourth-order valence-corrected chi connectivity index (χ4v) is 2.45. The molecule has 17 heavy (non-hydrogen) atoms. The van der Waals surface area contributed by atoms with E-state index in [1.165, 1.54) is 5.56 Å². The van der Waals surface area contributed by atoms with Crippen molar-refractivity contribution in [1.82, 2.24) is 10.2 Å². The zero-order chi connectivity index (χ0) is 12.3. The molecule has 3 heteroatoms. The lowest BCUT2D eigenvalue weighted by atomic mass is 10.1. The van der Waals surface area contributed by atoms with Gasteiger partial charge in [0.2, 0.25) is 0 Å². The van der Waals surface area contributed by atoms with Gasteiger partial charge in [-0.3, -0.25) is 4.90 Å². The summed E-state index contributed by atoms with van der Waals surface area (Å²) in [5.41, 5.74) is 1.19. The molecule has 1 fully saturated rings. The maximum atomic E-state index is 12.8. The van der Waals surface area contributed by atoms with Crippen molar-refractivity contribution in [2.45, 2.75) is 38.9 Å². The summed E-state index contributed by atoms with van der Waals surface area (Å²) in [5.74, 6) is -0.158. The molecule has 0 aliphatic carbocycles. The van der Waals surface area contributed by atoms with Gasteiger partial charge in [0, 0.05) is 31.7 Å². The van der Waals surface area contributed by atoms with E-state index >= 15 is 0 Å². The van der Waals surface area contributed by atoms with E-state index in [0.29, 0.717) is 12.1 Å². The van der Waals surface area contributed by atoms with E-state index in [1.807, 2.05) is 12.1 Å². The van der Waals surface area contributed by atoms with Gasteiger partial charge in [0.15, 0.2) is 0 Å². The quantitative estimate of drug-likeness (QED) is 0.867. The largest absolute Gasteiger partial charge is 0.311 e. The highest BCUT2D eigenvalue weighted by atomic mass is 19.1. The molecule has 0 spiro atoms. The van der Waals surface area contributed by atoms with Crippen LogP contribution in [0.25, 0.3) is 0 Å². The first-order chi connectivity index (χ1) is 8.19. The molecule has 0 saturated carbocycles. The van der Waals surface area contributed by atoms with Crippen molar-refractivity contribution in [3.63, 3.8) is 0 Å². The van der Waals surface area contributed by atoms with Crippen LogP contribution >= 0.6 is 0 Å². The Morgan fingerprint density at radius 3 is 2.71 bits per heavy atom. The van der Waals surface area contributed by atoms with E-state index in [-0.39, 0.29) is 5.82 Å². The van der Waals surface area contributed by atoms with Crippen LogP contribution in [-0.2, 0) is 6.54 Å². The van der Waals surface area contributed by atoms with E-state index in [9.17, 15) is 4.39 Å². The zero-order valence-electron chi connectivity index (χ0n) is 10.6. The molecule has 94 valence electrons. The molecule has 1 aliphatic rings. The number of piperazine rings is 1. The van der Waals surface area contributed by atoms with Gasteiger partial charge in [-0.25, -0.2) is 4.39 Å². The highest BCUT2D eigenvalue weighted by molar-refractivity contribution is 5.16. The Kier molecular flexibility index (Phi) is 4.13. The highest BCUT2D eigenvalue weighted by Crippen LogP contribution is 2.15. The standard InChI is InChI=1S/C14H21FN2/c1-3-14-8-16-11(2)9-17(14)10-12-4-6-13(15)7-5-12/h4-7,11,14,16H,3,8-10H2,1-2H3. The SMILES string of the molecule is CCC1CNC(C)CN1Cc1ccc(F)cc1. The fourth-order valence-electron chi connectivity index (χ4n) is 2.45. The van der Waals surface area contributed by atoms with Crippen LogP contribution in [0.2, 0.25) is 0 Å². The number of rotatable bonds is 3. The Morgan fingerprint density at radius 1 is 1.35 bits per heavy atom. The van der Waals surface area contributed by atoms with Crippen LogP contribution in [0.5, 0.6) is 0 Å². The lowest BCUT2D eigenvalue weighted by Crippen LogP contribution is -2.54. The maximum Gasteiger partial charge on any atom is 0.123 e. The summed E-state index contributed by atoms with van der Waals surface area (Å²) in [5, 5.41) is 3.51. The van der Waals surface area contributed by atoms with E-state index in [4.69, 9.17) is 0 Å². The van der Waals surface area contributed by atoms with Crippen LogP contribution in [0, 0.1) is 5.82 Å². The Balaban J connectivity index is 2.02. The molecule has 0 bridgehead atoms. The van der Waals surface area contributed by atoms with Crippen LogP contribution in [0.1, 0.15) is 25.8 Å². The number of nitrogens with zero attached hydrogens (tertiary/aromatic N) is 1. The number of hydrogen-bond donors (Lipinski definition) is 1. The van der Waals surface area contributed by atoms with Gasteiger partial charge in [0.05, 0.1) is 0 Å². The topological polar surface area (TPSA) is 15.3 Å². The van der Waals surface area contributed by atoms with Crippen molar-refractivity contribution >= 4 is 0 Å². The molecule has 2 unspecified atom stereocenters. The van der Waals surface area contributed by atoms with Crippen molar-refractivity contribution in [2.24, 2.45) is 0 Å². The molecular formula is C14H21FN2. The number of halogens is 1. The molecule has 1 aliphatic heterocycles. The molecule has 0 aromatic heterocycles. The van der Waals surface area contributed by atoms with Gasteiger partial charge in [0.1, 0.15) is 5.82 Å². The lowest BCUT2D eigenvalue weighted by Gasteiger charge is -2.39. The Hall–Kier alpha value is -0.930. The first-order valence-electron chi connectivity index (χ1n) is 6.41. The molecule has 1 aromatic carbocycles. The van der Waals surface area contributed by atoms with Crippen LogP contribution in [-0.4, -0.2) is 30.1 Å². The highest BCUT2D eigenvalue weighted by Gasteiger charge is 2.24. The third-order valence-electron chi connectivity index (χ3n) is 3.50. The van der Waals surface area contributed by atoms with Gasteiger partial charge < -0.3 is 5.32 Å². The molecule has 0 amide bonds. The average Bonchev–Trinajstić information content (AvgIpc) is 2.32. The van der Waals surface area contributed by atoms with Crippen LogP contribution in [0.4, 0.5) is 4.39 Å². The molecule has 2 atom stereocenters. The second-order valence-corrected chi connectivity index (χ2v) is 4.93. The number of benzene rings is 1. The second kappa shape index (κ2) is 5.61. The van der Waals surface area contributed by atoms with Gasteiger partial charge in [0.25, 0.3) is 0 Å². The van der Waals surface area contributed by atoms with Gasteiger partial charge >= 0.3 is 0 Å². The van der Waals surface area contributed by atoms with Gasteiger partial charge in [-0.05, 0) is 31.0 Å². The molecule has 1 N–H and O–H groups in total. The predicted molar refractivity (Wildman–Crippen MR) is 68.4 cm³/mol. The first-order valence-corrected chi connectivity index (χ1v) is 6.41. The van der Waals surface area contributed by atoms with Crippen molar-refractivity contribution in [3.8, 4) is 0 Å². The molecule has 2 rings (SSSR count). The number of hydrogen-bond acceptors (Lipinski definition) is 2. The number of nitrogens with one attached hydrogen (secondary N) is 1. The van der Waals surface area contributed by atoms with Gasteiger partial charge in [-0.2, -0.15) is 0 Å². The van der Waals surface area contributed by atoms with Crippen LogP contribution < -0.4 is 5.32 Å². The minimum atomic E-state index is -0.158. The van der Waals surface area contributed by atoms with Crippen molar-refractivity contribution in [1.29, 1.82) is 0 Å². The van der Waals surface area contributed by atoms with E-state index in [2.05, 4.69) is 24.1 Å². The molecular weight excluding hydrogens is 215 g/mol. The Labute approximate surface area is 103 Å².